The second-order valence-corrected chi connectivity index (χ2v) is 8.09. The van der Waals surface area contributed by atoms with Crippen molar-refractivity contribution in [2.45, 2.75) is 45.6 Å². The molecule has 144 valence electrons. The fourth-order valence-corrected chi connectivity index (χ4v) is 3.10. The predicted octanol–water partition coefficient (Wildman–Crippen LogP) is 1.96. The second-order valence-electron chi connectivity index (χ2n) is 7.28. The smallest absolute Gasteiger partial charge is 0.271 e. The second kappa shape index (κ2) is 7.10. The molecule has 0 radical (unpaired) electrons. The van der Waals surface area contributed by atoms with E-state index in [9.17, 15) is 9.59 Å². The van der Waals surface area contributed by atoms with Gasteiger partial charge < -0.3 is 22.1 Å². The van der Waals surface area contributed by atoms with Gasteiger partial charge >= 0.3 is 0 Å². The van der Waals surface area contributed by atoms with Crippen molar-refractivity contribution in [1.82, 2.24) is 14.3 Å². The molecule has 6 N–H and O–H groups in total. The molecule has 3 rings (SSSR count). The number of primary amides is 2. The number of aromatic nitrogens is 3. The van der Waals surface area contributed by atoms with Crippen LogP contribution in [-0.2, 0) is 4.79 Å². The molecule has 0 aromatic carbocycles. The van der Waals surface area contributed by atoms with E-state index in [0.29, 0.717) is 11.7 Å². The number of nitrogens with two attached hydrogens (primary N) is 2. The van der Waals surface area contributed by atoms with E-state index in [1.807, 2.05) is 13.0 Å². The molecule has 1 aliphatic rings. The third-order valence-corrected chi connectivity index (χ3v) is 5.57. The van der Waals surface area contributed by atoms with Gasteiger partial charge in [-0.1, -0.05) is 0 Å². The number of hydrogen-bond donors (Lipinski definition) is 4. The molecule has 2 heterocycles. The lowest BCUT2D eigenvalue weighted by molar-refractivity contribution is -0.126. The number of anilines is 3. The van der Waals surface area contributed by atoms with Gasteiger partial charge in [0.05, 0.1) is 17.3 Å². The molecule has 1 saturated carbocycles. The van der Waals surface area contributed by atoms with Crippen LogP contribution >= 0.6 is 11.5 Å². The SMILES string of the molecule is CC(Nc1cnc(C(N)=O)c(Nc2cc(C3CC3)ns2)n1)C(C)(C)C(N)=O. The minimum atomic E-state index is -0.797. The van der Waals surface area contributed by atoms with Crippen LogP contribution in [0.5, 0.6) is 0 Å². The molecule has 0 bridgehead atoms. The molecule has 27 heavy (non-hydrogen) atoms. The number of nitrogens with zero attached hydrogens (tertiary/aromatic N) is 3. The first-order chi connectivity index (χ1) is 12.7. The number of carbonyl (C=O) groups excluding carboxylic acids is 2. The molecular formula is C17H23N7O2S. The van der Waals surface area contributed by atoms with E-state index >= 15 is 0 Å². The first kappa shape index (κ1) is 19.0. The van der Waals surface area contributed by atoms with Gasteiger partial charge in [-0.3, -0.25) is 9.59 Å². The van der Waals surface area contributed by atoms with Crippen LogP contribution in [0.2, 0.25) is 0 Å². The largest absolute Gasteiger partial charge is 0.369 e. The van der Waals surface area contributed by atoms with E-state index in [2.05, 4.69) is 25.0 Å². The number of nitrogens with one attached hydrogen (secondary N) is 2. The van der Waals surface area contributed by atoms with E-state index in [4.69, 9.17) is 11.5 Å². The minimum Gasteiger partial charge on any atom is -0.369 e. The van der Waals surface area contributed by atoms with Crippen molar-refractivity contribution in [1.29, 1.82) is 0 Å². The highest BCUT2D eigenvalue weighted by molar-refractivity contribution is 7.10. The van der Waals surface area contributed by atoms with Crippen molar-refractivity contribution in [2.75, 3.05) is 10.6 Å². The molecule has 0 spiro atoms. The lowest BCUT2D eigenvalue weighted by Gasteiger charge is -2.29. The van der Waals surface area contributed by atoms with E-state index < -0.39 is 17.2 Å². The highest BCUT2D eigenvalue weighted by atomic mass is 32.1. The molecule has 1 unspecified atom stereocenters. The van der Waals surface area contributed by atoms with Crippen LogP contribution in [0.3, 0.4) is 0 Å². The highest BCUT2D eigenvalue weighted by Crippen LogP contribution is 2.41. The van der Waals surface area contributed by atoms with Gasteiger partial charge in [0, 0.05) is 12.0 Å². The monoisotopic (exact) mass is 389 g/mol. The van der Waals surface area contributed by atoms with Crippen LogP contribution in [0.1, 0.15) is 55.7 Å². The Balaban J connectivity index is 1.83. The Morgan fingerprint density at radius 2 is 2.04 bits per heavy atom. The minimum absolute atomic E-state index is 0.0312. The maximum absolute atomic E-state index is 11.7. The maximum Gasteiger partial charge on any atom is 0.271 e. The molecule has 2 aromatic heterocycles. The van der Waals surface area contributed by atoms with Crippen LogP contribution < -0.4 is 22.1 Å². The fraction of sp³-hybridized carbons (Fsp3) is 0.471. The van der Waals surface area contributed by atoms with Crippen molar-refractivity contribution < 1.29 is 9.59 Å². The van der Waals surface area contributed by atoms with Gasteiger partial charge in [-0.05, 0) is 51.2 Å². The molecule has 1 fully saturated rings. The lowest BCUT2D eigenvalue weighted by Crippen LogP contribution is -2.44. The normalized spacial score (nSPS) is 15.2. The molecule has 2 aromatic rings. The maximum atomic E-state index is 11.7. The average molecular weight is 389 g/mol. The Hall–Kier alpha value is -2.75. The van der Waals surface area contributed by atoms with Gasteiger partial charge in [0.2, 0.25) is 5.91 Å². The van der Waals surface area contributed by atoms with Gasteiger partial charge in [0.15, 0.2) is 11.5 Å². The number of hydrogen-bond acceptors (Lipinski definition) is 8. The summed E-state index contributed by atoms with van der Waals surface area (Å²) in [4.78, 5) is 31.9. The molecule has 2 amide bonds. The van der Waals surface area contributed by atoms with Gasteiger partial charge in [0.25, 0.3) is 5.91 Å². The number of rotatable bonds is 8. The fourth-order valence-electron chi connectivity index (χ4n) is 2.38. The summed E-state index contributed by atoms with van der Waals surface area (Å²) in [5.74, 6) is 0.0519. The predicted molar refractivity (Wildman–Crippen MR) is 104 cm³/mol. The third kappa shape index (κ3) is 4.16. The molecule has 1 atom stereocenters. The van der Waals surface area contributed by atoms with E-state index in [0.717, 1.165) is 23.5 Å². The van der Waals surface area contributed by atoms with E-state index in [1.165, 1.54) is 17.7 Å². The highest BCUT2D eigenvalue weighted by Gasteiger charge is 2.32. The van der Waals surface area contributed by atoms with Crippen molar-refractivity contribution in [3.63, 3.8) is 0 Å². The van der Waals surface area contributed by atoms with Crippen LogP contribution in [0.25, 0.3) is 0 Å². The zero-order valence-corrected chi connectivity index (χ0v) is 16.3. The summed E-state index contributed by atoms with van der Waals surface area (Å²) in [5, 5.41) is 6.95. The van der Waals surface area contributed by atoms with Crippen molar-refractivity contribution in [2.24, 2.45) is 16.9 Å². The Bertz CT molecular complexity index is 876. The van der Waals surface area contributed by atoms with Crippen LogP contribution in [0.15, 0.2) is 12.3 Å². The summed E-state index contributed by atoms with van der Waals surface area (Å²) in [6, 6.07) is 1.65. The Labute approximate surface area is 161 Å². The first-order valence-electron chi connectivity index (χ1n) is 8.65. The summed E-state index contributed by atoms with van der Waals surface area (Å²) >= 11 is 1.30. The first-order valence-corrected chi connectivity index (χ1v) is 9.42. The van der Waals surface area contributed by atoms with Crippen molar-refractivity contribution >= 4 is 40.0 Å². The number of carbonyl (C=O) groups is 2. The zero-order valence-electron chi connectivity index (χ0n) is 15.4. The summed E-state index contributed by atoms with van der Waals surface area (Å²) in [5.41, 5.74) is 11.2. The number of amides is 2. The van der Waals surface area contributed by atoms with Gasteiger partial charge in [0.1, 0.15) is 10.8 Å². The van der Waals surface area contributed by atoms with Crippen LogP contribution in [0.4, 0.5) is 16.6 Å². The summed E-state index contributed by atoms with van der Waals surface area (Å²) < 4.78 is 4.42. The zero-order chi connectivity index (χ0) is 19.8. The summed E-state index contributed by atoms with van der Waals surface area (Å²) in [7, 11) is 0. The van der Waals surface area contributed by atoms with E-state index in [-0.39, 0.29) is 17.6 Å². The lowest BCUT2D eigenvalue weighted by atomic mass is 9.85. The molecule has 0 aliphatic heterocycles. The molecule has 10 heteroatoms. The van der Waals surface area contributed by atoms with E-state index in [1.54, 1.807) is 13.8 Å². The summed E-state index contributed by atoms with van der Waals surface area (Å²) in [6.07, 6.45) is 3.71. The topological polar surface area (TPSA) is 149 Å². The Morgan fingerprint density at radius 1 is 1.33 bits per heavy atom. The van der Waals surface area contributed by atoms with Crippen LogP contribution in [-0.4, -0.2) is 32.2 Å². The van der Waals surface area contributed by atoms with Crippen molar-refractivity contribution in [3.8, 4) is 0 Å². The van der Waals surface area contributed by atoms with Gasteiger partial charge in [-0.25, -0.2) is 9.97 Å². The van der Waals surface area contributed by atoms with Crippen LogP contribution in [0, 0.1) is 5.41 Å². The Morgan fingerprint density at radius 3 is 2.63 bits per heavy atom. The van der Waals surface area contributed by atoms with Gasteiger partial charge in [-0.2, -0.15) is 4.37 Å². The molecule has 1 aliphatic carbocycles. The third-order valence-electron chi connectivity index (χ3n) is 4.85. The summed E-state index contributed by atoms with van der Waals surface area (Å²) in [6.45, 7) is 5.31. The molecule has 0 saturated heterocycles. The van der Waals surface area contributed by atoms with Gasteiger partial charge in [-0.15, -0.1) is 0 Å². The Kier molecular flexibility index (Phi) is 5.01. The average Bonchev–Trinajstić information content (AvgIpc) is 3.34. The standard InChI is InChI=1S/C17H23N7O2S/c1-8(17(2,3)16(19)26)21-11-7-20-13(14(18)25)15(22-11)23-12-6-10(24-27-12)9-4-5-9/h6-9H,4-5H2,1-3H3,(H2,18,25)(H2,19,26)(H2,21,22,23). The molecular weight excluding hydrogens is 366 g/mol. The quantitative estimate of drug-likeness (QED) is 0.539. The molecule has 9 nitrogen and oxygen atoms in total. The van der Waals surface area contributed by atoms with Crippen molar-refractivity contribution in [3.05, 3.63) is 23.7 Å².